The van der Waals surface area contributed by atoms with Gasteiger partial charge in [-0.15, -0.1) is 16.6 Å². The van der Waals surface area contributed by atoms with Gasteiger partial charge in [0, 0.05) is 12.3 Å². The molecule has 0 saturated heterocycles. The third kappa shape index (κ3) is 2.60. The van der Waals surface area contributed by atoms with Crippen molar-refractivity contribution < 1.29 is 8.78 Å². The number of hydrogen-bond donors (Lipinski definition) is 2. The van der Waals surface area contributed by atoms with Crippen molar-refractivity contribution in [1.82, 2.24) is 20.6 Å². The van der Waals surface area contributed by atoms with E-state index in [1.54, 1.807) is 0 Å². The van der Waals surface area contributed by atoms with E-state index in [1.807, 2.05) is 6.07 Å². The number of nitrogens with zero attached hydrogens (tertiary/aromatic N) is 4. The van der Waals surface area contributed by atoms with Crippen LogP contribution in [-0.2, 0) is 0 Å². The molecule has 20 heavy (non-hydrogen) atoms. The molecule has 0 aliphatic rings. The summed E-state index contributed by atoms with van der Waals surface area (Å²) in [6.07, 6.45) is 6.42. The predicted molar refractivity (Wildman–Crippen MR) is 65.7 cm³/mol. The first-order valence-electron chi connectivity index (χ1n) is 5.22. The molecule has 0 aliphatic heterocycles. The van der Waals surface area contributed by atoms with Crippen molar-refractivity contribution in [3.63, 3.8) is 0 Å². The number of hydrogen-bond acceptors (Lipinski definition) is 5. The highest BCUT2D eigenvalue weighted by atomic mass is 19.2. The van der Waals surface area contributed by atoms with Crippen LogP contribution in [0, 0.1) is 35.3 Å². The Morgan fingerprint density at radius 1 is 1.40 bits per heavy atom. The molecule has 0 atom stereocenters. The van der Waals surface area contributed by atoms with Gasteiger partial charge in [0.2, 0.25) is 5.82 Å². The van der Waals surface area contributed by atoms with Crippen LogP contribution in [0.15, 0.2) is 18.3 Å². The molecule has 0 fully saturated rings. The van der Waals surface area contributed by atoms with Gasteiger partial charge in [-0.1, -0.05) is 5.92 Å². The Morgan fingerprint density at radius 2 is 2.15 bits per heavy atom. The molecular formula is C12H6F2N6. The summed E-state index contributed by atoms with van der Waals surface area (Å²) in [6.45, 7) is 0. The van der Waals surface area contributed by atoms with Gasteiger partial charge in [-0.25, -0.2) is 8.78 Å². The maximum Gasteiger partial charge on any atom is 0.216 e. The highest BCUT2D eigenvalue weighted by Gasteiger charge is 2.09. The fourth-order valence-electron chi connectivity index (χ4n) is 1.36. The average Bonchev–Trinajstić information content (AvgIpc) is 2.97. The highest BCUT2D eigenvalue weighted by molar-refractivity contribution is 5.75. The van der Waals surface area contributed by atoms with E-state index in [-0.39, 0.29) is 22.6 Å². The van der Waals surface area contributed by atoms with Crippen molar-refractivity contribution in [1.29, 1.82) is 5.26 Å². The first-order valence-corrected chi connectivity index (χ1v) is 5.22. The highest BCUT2D eigenvalue weighted by Crippen LogP contribution is 2.20. The number of aromatic nitrogens is 4. The van der Waals surface area contributed by atoms with Gasteiger partial charge < -0.3 is 5.32 Å². The average molecular weight is 272 g/mol. The van der Waals surface area contributed by atoms with Gasteiger partial charge in [-0.3, -0.25) is 0 Å². The minimum Gasteiger partial charge on any atom is -0.359 e. The van der Waals surface area contributed by atoms with E-state index in [0.29, 0.717) is 0 Å². The molecule has 2 aromatic rings. The molecule has 0 radical (unpaired) electrons. The quantitative estimate of drug-likeness (QED) is 0.651. The first kappa shape index (κ1) is 13.2. The Bertz CT molecular complexity index is 737. The molecule has 8 heteroatoms. The first-order chi connectivity index (χ1) is 9.65. The lowest BCUT2D eigenvalue weighted by Gasteiger charge is -2.05. The number of H-pyrrole nitrogens is 1. The number of anilines is 1. The van der Waals surface area contributed by atoms with Crippen LogP contribution in [0.3, 0.4) is 0 Å². The molecule has 2 rings (SSSR count). The molecule has 0 saturated carbocycles. The van der Waals surface area contributed by atoms with Crippen LogP contribution >= 0.6 is 0 Å². The summed E-state index contributed by atoms with van der Waals surface area (Å²) in [4.78, 5) is 0. The van der Waals surface area contributed by atoms with Gasteiger partial charge >= 0.3 is 0 Å². The second-order valence-electron chi connectivity index (χ2n) is 3.51. The van der Waals surface area contributed by atoms with Crippen molar-refractivity contribution in [2.45, 2.75) is 0 Å². The van der Waals surface area contributed by atoms with Crippen LogP contribution in [0.4, 0.5) is 14.5 Å². The standard InChI is InChI=1S/C12H6F2N6/c1-2-7-3-9(13)10(14)4-11(7)16-6-8(5-15)12-17-19-20-18-12/h1,3-4,6,16H,(H,17,18,19,20). The van der Waals surface area contributed by atoms with Gasteiger partial charge in [0.15, 0.2) is 11.6 Å². The number of nitrogens with one attached hydrogen (secondary N) is 2. The molecule has 1 aromatic carbocycles. The smallest absolute Gasteiger partial charge is 0.216 e. The molecule has 6 nitrogen and oxygen atoms in total. The number of nitriles is 1. The number of halogens is 2. The molecule has 1 aromatic heterocycles. The molecule has 0 spiro atoms. The number of aromatic amines is 1. The van der Waals surface area contributed by atoms with E-state index < -0.39 is 11.6 Å². The van der Waals surface area contributed by atoms with E-state index in [2.05, 4.69) is 31.9 Å². The van der Waals surface area contributed by atoms with Gasteiger partial charge in [0.1, 0.15) is 11.6 Å². The number of terminal acetylenes is 1. The zero-order valence-corrected chi connectivity index (χ0v) is 9.85. The van der Waals surface area contributed by atoms with Crippen molar-refractivity contribution >= 4 is 11.3 Å². The Balaban J connectivity index is 2.34. The van der Waals surface area contributed by atoms with Crippen molar-refractivity contribution in [2.24, 2.45) is 0 Å². The lowest BCUT2D eigenvalue weighted by molar-refractivity contribution is 0.509. The second-order valence-corrected chi connectivity index (χ2v) is 3.51. The van der Waals surface area contributed by atoms with Crippen LogP contribution in [0.2, 0.25) is 0 Å². The monoisotopic (exact) mass is 272 g/mol. The number of allylic oxidation sites excluding steroid dienone is 1. The minimum atomic E-state index is -1.06. The molecule has 0 unspecified atom stereocenters. The van der Waals surface area contributed by atoms with Crippen LogP contribution < -0.4 is 5.32 Å². The summed E-state index contributed by atoms with van der Waals surface area (Å²) in [5.74, 6) is 0.162. The minimum absolute atomic E-state index is 0.0476. The lowest BCUT2D eigenvalue weighted by Crippen LogP contribution is -1.98. The third-order valence-corrected chi connectivity index (χ3v) is 2.29. The SMILES string of the molecule is C#Cc1cc(F)c(F)cc1NC=C(C#N)c1nn[nH]n1. The lowest BCUT2D eigenvalue weighted by atomic mass is 10.1. The van der Waals surface area contributed by atoms with Crippen LogP contribution in [0.5, 0.6) is 0 Å². The van der Waals surface area contributed by atoms with Crippen molar-refractivity contribution in [3.8, 4) is 18.4 Å². The van der Waals surface area contributed by atoms with E-state index in [0.717, 1.165) is 12.1 Å². The van der Waals surface area contributed by atoms with Crippen LogP contribution in [0.25, 0.3) is 5.57 Å². The Kier molecular flexibility index (Phi) is 3.68. The molecule has 0 aliphatic carbocycles. The number of rotatable bonds is 3. The van der Waals surface area contributed by atoms with Gasteiger partial charge in [0.25, 0.3) is 0 Å². The normalized spacial score (nSPS) is 10.7. The maximum absolute atomic E-state index is 13.2. The van der Waals surface area contributed by atoms with E-state index >= 15 is 0 Å². The number of benzene rings is 1. The van der Waals surface area contributed by atoms with Gasteiger partial charge in [-0.2, -0.15) is 10.5 Å². The zero-order valence-electron chi connectivity index (χ0n) is 9.85. The predicted octanol–water partition coefficient (Wildman–Crippen LogP) is 1.44. The summed E-state index contributed by atoms with van der Waals surface area (Å²) in [6, 6.07) is 3.61. The molecule has 98 valence electrons. The van der Waals surface area contributed by atoms with Crippen molar-refractivity contribution in [2.75, 3.05) is 5.32 Å². The van der Waals surface area contributed by atoms with Crippen molar-refractivity contribution in [3.05, 3.63) is 41.4 Å². The van der Waals surface area contributed by atoms with E-state index in [9.17, 15) is 8.78 Å². The Morgan fingerprint density at radius 3 is 2.75 bits per heavy atom. The Hall–Kier alpha value is -3.26. The second kappa shape index (κ2) is 5.59. The van der Waals surface area contributed by atoms with E-state index in [4.69, 9.17) is 11.7 Å². The van der Waals surface area contributed by atoms with Gasteiger partial charge in [0.05, 0.1) is 11.3 Å². The summed E-state index contributed by atoms with van der Waals surface area (Å²) < 4.78 is 26.2. The zero-order chi connectivity index (χ0) is 14.5. The molecule has 0 amide bonds. The summed E-state index contributed by atoms with van der Waals surface area (Å²) in [5.41, 5.74) is 0.305. The molecular weight excluding hydrogens is 266 g/mol. The summed E-state index contributed by atoms with van der Waals surface area (Å²) >= 11 is 0. The van der Waals surface area contributed by atoms with Crippen LogP contribution in [0.1, 0.15) is 11.4 Å². The molecule has 1 heterocycles. The largest absolute Gasteiger partial charge is 0.359 e. The summed E-state index contributed by atoms with van der Waals surface area (Å²) in [5, 5.41) is 24.3. The molecule has 2 N–H and O–H groups in total. The van der Waals surface area contributed by atoms with Crippen LogP contribution in [-0.4, -0.2) is 20.6 Å². The fraction of sp³-hybridized carbons (Fsp3) is 0. The maximum atomic E-state index is 13.2. The third-order valence-electron chi connectivity index (χ3n) is 2.29. The Labute approximate surface area is 112 Å². The molecule has 0 bridgehead atoms. The fourth-order valence-corrected chi connectivity index (χ4v) is 1.36. The van der Waals surface area contributed by atoms with Gasteiger partial charge in [-0.05, 0) is 11.3 Å². The number of tetrazole rings is 1. The van der Waals surface area contributed by atoms with E-state index in [1.165, 1.54) is 6.20 Å². The summed E-state index contributed by atoms with van der Waals surface area (Å²) in [7, 11) is 0. The topological polar surface area (TPSA) is 90.3 Å².